The van der Waals surface area contributed by atoms with Crippen molar-refractivity contribution in [3.05, 3.63) is 35.5 Å². The van der Waals surface area contributed by atoms with Crippen LogP contribution >= 0.6 is 0 Å². The number of nitrogens with one attached hydrogen (secondary N) is 1. The van der Waals surface area contributed by atoms with Gasteiger partial charge in [0.2, 0.25) is 0 Å². The fourth-order valence-electron chi connectivity index (χ4n) is 5.33. The number of benzene rings is 1. The van der Waals surface area contributed by atoms with Gasteiger partial charge in [0.25, 0.3) is 0 Å². The minimum atomic E-state index is -1.06. The number of methoxy groups -OCH3 is 1. The van der Waals surface area contributed by atoms with E-state index < -0.39 is 12.1 Å². The van der Waals surface area contributed by atoms with Crippen LogP contribution in [0.25, 0.3) is 10.9 Å². The van der Waals surface area contributed by atoms with Gasteiger partial charge in [-0.1, -0.05) is 25.1 Å². The Balaban J connectivity index is 1.79. The minimum Gasteiger partial charge on any atom is -0.467 e. The van der Waals surface area contributed by atoms with Crippen molar-refractivity contribution < 1.29 is 14.6 Å². The summed E-state index contributed by atoms with van der Waals surface area (Å²) in [6, 6.07) is 8.71. The number of aliphatic hydroxyl groups is 1. The molecule has 0 spiro atoms. The molecule has 1 aromatic heterocycles. The van der Waals surface area contributed by atoms with Crippen LogP contribution in [0.3, 0.4) is 0 Å². The van der Waals surface area contributed by atoms with E-state index in [1.54, 1.807) is 0 Å². The number of H-pyrrole nitrogens is 1. The molecule has 2 N–H and O–H groups in total. The Morgan fingerprint density at radius 3 is 3.00 bits per heavy atom. The number of carbonyl (C=O) groups excluding carboxylic acids is 1. The number of carbonyl (C=O) groups is 1. The Labute approximate surface area is 154 Å². The molecule has 0 saturated carbocycles. The van der Waals surface area contributed by atoms with Crippen molar-refractivity contribution in [3.8, 4) is 0 Å². The Morgan fingerprint density at radius 2 is 2.23 bits per heavy atom. The Bertz CT molecular complexity index is 815. The lowest BCUT2D eigenvalue weighted by atomic mass is 9.65. The van der Waals surface area contributed by atoms with Crippen LogP contribution in [0.15, 0.2) is 24.3 Å². The quantitative estimate of drug-likeness (QED) is 0.826. The third kappa shape index (κ3) is 2.65. The molecule has 3 atom stereocenters. The topological polar surface area (TPSA) is 65.6 Å². The molecule has 5 heteroatoms. The number of piperidine rings is 1. The molecule has 0 bridgehead atoms. The summed E-state index contributed by atoms with van der Waals surface area (Å²) < 4.78 is 4.79. The Kier molecular flexibility index (Phi) is 4.53. The highest BCUT2D eigenvalue weighted by atomic mass is 16.5. The zero-order valence-electron chi connectivity index (χ0n) is 15.6. The fraction of sp³-hybridized carbons (Fsp3) is 0.571. The van der Waals surface area contributed by atoms with Gasteiger partial charge in [-0.2, -0.15) is 0 Å². The van der Waals surface area contributed by atoms with Crippen LogP contribution in [0.4, 0.5) is 0 Å². The van der Waals surface area contributed by atoms with E-state index in [4.69, 9.17) is 4.74 Å². The lowest BCUT2D eigenvalue weighted by Crippen LogP contribution is -2.51. The number of aromatic amines is 1. The second-order valence-electron chi connectivity index (χ2n) is 7.81. The second kappa shape index (κ2) is 6.71. The number of fused-ring (bicyclic) bond motifs is 5. The van der Waals surface area contributed by atoms with Crippen LogP contribution in [0.1, 0.15) is 49.9 Å². The Morgan fingerprint density at radius 1 is 1.42 bits per heavy atom. The van der Waals surface area contributed by atoms with Crippen molar-refractivity contribution in [2.24, 2.45) is 5.41 Å². The van der Waals surface area contributed by atoms with Gasteiger partial charge in [0, 0.05) is 23.1 Å². The summed E-state index contributed by atoms with van der Waals surface area (Å²) >= 11 is 0. The maximum atomic E-state index is 11.9. The zero-order chi connectivity index (χ0) is 18.3. The number of hydrogen-bond acceptors (Lipinski definition) is 4. The van der Waals surface area contributed by atoms with Crippen molar-refractivity contribution >= 4 is 16.9 Å². The molecule has 2 aromatic rings. The van der Waals surface area contributed by atoms with E-state index in [2.05, 4.69) is 41.1 Å². The number of nitrogens with zero attached hydrogens (tertiary/aromatic N) is 1. The Hall–Kier alpha value is -1.85. The molecule has 0 aliphatic carbocycles. The number of aliphatic hydroxyl groups excluding tert-OH is 1. The molecule has 140 valence electrons. The predicted octanol–water partition coefficient (Wildman–Crippen LogP) is 3.18. The molecular weight excluding hydrogens is 328 g/mol. The normalized spacial score (nSPS) is 27.0. The maximum Gasteiger partial charge on any atom is 0.334 e. The molecule has 0 amide bonds. The monoisotopic (exact) mass is 356 g/mol. The van der Waals surface area contributed by atoms with Crippen molar-refractivity contribution in [1.82, 2.24) is 9.88 Å². The third-order valence-electron chi connectivity index (χ3n) is 6.61. The summed E-state index contributed by atoms with van der Waals surface area (Å²) in [5, 5.41) is 11.8. The molecule has 2 aliphatic heterocycles. The summed E-state index contributed by atoms with van der Waals surface area (Å²) in [6.45, 7) is 4.30. The summed E-state index contributed by atoms with van der Waals surface area (Å²) in [7, 11) is 1.34. The van der Waals surface area contributed by atoms with E-state index in [-0.39, 0.29) is 11.5 Å². The molecule has 5 nitrogen and oxygen atoms in total. The molecule has 3 heterocycles. The maximum absolute atomic E-state index is 11.9. The summed E-state index contributed by atoms with van der Waals surface area (Å²) in [5.74, 6) is -0.525. The average molecular weight is 356 g/mol. The highest BCUT2D eigenvalue weighted by Gasteiger charge is 2.49. The second-order valence-corrected chi connectivity index (χ2v) is 7.81. The van der Waals surface area contributed by atoms with Gasteiger partial charge < -0.3 is 14.8 Å². The van der Waals surface area contributed by atoms with Gasteiger partial charge in [-0.3, -0.25) is 4.90 Å². The highest BCUT2D eigenvalue weighted by Crippen LogP contribution is 2.53. The van der Waals surface area contributed by atoms with E-state index in [1.165, 1.54) is 29.3 Å². The van der Waals surface area contributed by atoms with Gasteiger partial charge in [-0.05, 0) is 55.7 Å². The van der Waals surface area contributed by atoms with Crippen LogP contribution in [0, 0.1) is 5.41 Å². The first-order valence-electron chi connectivity index (χ1n) is 9.69. The summed E-state index contributed by atoms with van der Waals surface area (Å²) in [6.07, 6.45) is 3.49. The molecule has 1 unspecified atom stereocenters. The van der Waals surface area contributed by atoms with Crippen LogP contribution in [0.5, 0.6) is 0 Å². The summed E-state index contributed by atoms with van der Waals surface area (Å²) in [5.41, 5.74) is 3.76. The van der Waals surface area contributed by atoms with Crippen molar-refractivity contribution in [1.29, 1.82) is 0 Å². The molecule has 1 fully saturated rings. The predicted molar refractivity (Wildman–Crippen MR) is 101 cm³/mol. The smallest absolute Gasteiger partial charge is 0.334 e. The molecule has 0 radical (unpaired) electrons. The zero-order valence-corrected chi connectivity index (χ0v) is 15.6. The van der Waals surface area contributed by atoms with Gasteiger partial charge >= 0.3 is 5.97 Å². The molecule has 1 aromatic carbocycles. The highest BCUT2D eigenvalue weighted by molar-refractivity contribution is 5.85. The number of ether oxygens (including phenoxy) is 1. The minimum absolute atomic E-state index is 0.123. The lowest BCUT2D eigenvalue weighted by molar-refractivity contribution is -0.154. The standard InChI is InChI=1S/C21H28N2O3/c1-3-21(13-17(24)20(25)26-2)10-6-11-23-12-9-15-14-7-4-5-8-16(14)22-18(15)19(21)23/h4-5,7-8,17,19,22,24H,3,6,9-13H2,1-2H3/t17?,19-,21+/m1/s1. The van der Waals surface area contributed by atoms with E-state index in [9.17, 15) is 9.90 Å². The lowest BCUT2D eigenvalue weighted by Gasteiger charge is -2.52. The number of hydrogen-bond donors (Lipinski definition) is 2. The first-order chi connectivity index (χ1) is 12.6. The van der Waals surface area contributed by atoms with E-state index in [0.717, 1.165) is 38.8 Å². The first kappa shape index (κ1) is 17.6. The average Bonchev–Trinajstić information content (AvgIpc) is 3.05. The first-order valence-corrected chi connectivity index (χ1v) is 9.69. The van der Waals surface area contributed by atoms with Gasteiger partial charge in [-0.15, -0.1) is 0 Å². The van der Waals surface area contributed by atoms with Crippen LogP contribution < -0.4 is 0 Å². The number of aromatic nitrogens is 1. The van der Waals surface area contributed by atoms with Crippen LogP contribution in [-0.4, -0.2) is 47.3 Å². The molecule has 2 aliphatic rings. The fourth-order valence-corrected chi connectivity index (χ4v) is 5.33. The molecule has 1 saturated heterocycles. The van der Waals surface area contributed by atoms with Crippen LogP contribution in [0.2, 0.25) is 0 Å². The third-order valence-corrected chi connectivity index (χ3v) is 6.61. The van der Waals surface area contributed by atoms with Crippen molar-refractivity contribution in [2.45, 2.75) is 51.2 Å². The van der Waals surface area contributed by atoms with Crippen molar-refractivity contribution in [2.75, 3.05) is 20.2 Å². The largest absolute Gasteiger partial charge is 0.467 e. The molecule has 26 heavy (non-hydrogen) atoms. The van der Waals surface area contributed by atoms with Gasteiger partial charge in [-0.25, -0.2) is 4.79 Å². The van der Waals surface area contributed by atoms with Crippen LogP contribution in [-0.2, 0) is 16.0 Å². The van der Waals surface area contributed by atoms with E-state index in [0.29, 0.717) is 6.42 Å². The van der Waals surface area contributed by atoms with Crippen molar-refractivity contribution in [3.63, 3.8) is 0 Å². The van der Waals surface area contributed by atoms with E-state index >= 15 is 0 Å². The SMILES string of the molecule is CC[C@@]1(CC(O)C(=O)OC)CCCN2CCc3c([nH]c4ccccc34)[C@@H]21. The molecular formula is C21H28N2O3. The number of esters is 1. The number of para-hydroxylation sites is 1. The van der Waals surface area contributed by atoms with E-state index in [1.807, 2.05) is 0 Å². The van der Waals surface area contributed by atoms with Gasteiger partial charge in [0.15, 0.2) is 6.10 Å². The summed E-state index contributed by atoms with van der Waals surface area (Å²) in [4.78, 5) is 18.1. The number of rotatable bonds is 4. The van der Waals surface area contributed by atoms with Gasteiger partial charge in [0.1, 0.15) is 0 Å². The van der Waals surface area contributed by atoms with Gasteiger partial charge in [0.05, 0.1) is 13.2 Å². The molecule has 4 rings (SSSR count).